The van der Waals surface area contributed by atoms with Crippen molar-refractivity contribution in [3.05, 3.63) is 129 Å². The summed E-state index contributed by atoms with van der Waals surface area (Å²) in [7, 11) is 0. The maximum Gasteiger partial charge on any atom is 0.414 e. The molecule has 244 valence electrons. The van der Waals surface area contributed by atoms with Crippen molar-refractivity contribution < 1.29 is 33.0 Å². The van der Waals surface area contributed by atoms with E-state index in [0.29, 0.717) is 46.4 Å². The van der Waals surface area contributed by atoms with Gasteiger partial charge in [-0.1, -0.05) is 96.0 Å². The minimum absolute atomic E-state index is 0.147. The van der Waals surface area contributed by atoms with Gasteiger partial charge in [0.15, 0.2) is 0 Å². The second-order valence-electron chi connectivity index (χ2n) is 11.6. The number of hydrogen-bond donors (Lipinski definition) is 2. The summed E-state index contributed by atoms with van der Waals surface area (Å²) in [6.07, 6.45) is -0.955. The van der Waals surface area contributed by atoms with Gasteiger partial charge in [0.05, 0.1) is 6.54 Å². The number of amides is 2. The third-order valence-corrected chi connectivity index (χ3v) is 8.73. The molecule has 2 N–H and O–H groups in total. The highest BCUT2D eigenvalue weighted by molar-refractivity contribution is 6.32. The van der Waals surface area contributed by atoms with E-state index in [4.69, 9.17) is 33.0 Å². The number of nitrogens with one attached hydrogen (secondary N) is 1. The number of ketones is 1. The van der Waals surface area contributed by atoms with Crippen molar-refractivity contribution in [3.8, 4) is 0 Å². The van der Waals surface area contributed by atoms with Crippen LogP contribution in [0.1, 0.15) is 59.8 Å². The number of hydrogen-bond acceptors (Lipinski definition) is 4. The molecule has 2 saturated carbocycles. The summed E-state index contributed by atoms with van der Waals surface area (Å²) in [5.41, 5.74) is 4.41. The van der Waals surface area contributed by atoms with E-state index in [1.807, 2.05) is 60.7 Å². The van der Waals surface area contributed by atoms with Gasteiger partial charge in [0, 0.05) is 47.1 Å². The normalized spacial score (nSPS) is 15.4. The van der Waals surface area contributed by atoms with Gasteiger partial charge in [0.2, 0.25) is 5.92 Å². The maximum atomic E-state index is 13.3. The molecule has 0 aromatic heterocycles. The number of alkyl halides is 2. The molecule has 0 atom stereocenters. The van der Waals surface area contributed by atoms with E-state index in [1.54, 1.807) is 36.4 Å². The summed E-state index contributed by atoms with van der Waals surface area (Å²) >= 11 is 12.5. The van der Waals surface area contributed by atoms with Gasteiger partial charge in [0.1, 0.15) is 12.4 Å². The number of anilines is 2. The second-order valence-corrected chi connectivity index (χ2v) is 12.4. The molecule has 4 aromatic rings. The summed E-state index contributed by atoms with van der Waals surface area (Å²) < 4.78 is 32.1. The van der Waals surface area contributed by atoms with Crippen molar-refractivity contribution in [3.63, 3.8) is 0 Å². The fourth-order valence-corrected chi connectivity index (χ4v) is 6.15. The Morgan fingerprint density at radius 3 is 1.96 bits per heavy atom. The number of halogens is 4. The van der Waals surface area contributed by atoms with Crippen LogP contribution >= 0.6 is 23.2 Å². The predicted octanol–water partition coefficient (Wildman–Crippen LogP) is 10.1. The Morgan fingerprint density at radius 1 is 0.830 bits per heavy atom. The highest BCUT2D eigenvalue weighted by Crippen LogP contribution is 2.50. The fraction of sp³-hybridized carbons (Fsp3) is 0.250. The molecule has 0 saturated heterocycles. The lowest BCUT2D eigenvalue weighted by Crippen LogP contribution is -2.34. The van der Waals surface area contributed by atoms with Crippen LogP contribution in [0.3, 0.4) is 0 Å². The zero-order valence-corrected chi connectivity index (χ0v) is 26.7. The number of carbonyl (C=O) groups excluding carboxylic acids is 2. The molecule has 2 aliphatic rings. The lowest BCUT2D eigenvalue weighted by atomic mass is 9.76. The van der Waals surface area contributed by atoms with E-state index in [0.717, 1.165) is 16.7 Å². The number of nitrogens with zero attached hydrogens (tertiary/aromatic N) is 1. The highest BCUT2D eigenvalue weighted by atomic mass is 35.5. The zero-order chi connectivity index (χ0) is 33.6. The van der Waals surface area contributed by atoms with Crippen LogP contribution in [0.5, 0.6) is 0 Å². The summed E-state index contributed by atoms with van der Waals surface area (Å²) in [4.78, 5) is 35.8. The quantitative estimate of drug-likeness (QED) is 0.193. The first kappa shape index (κ1) is 33.9. The van der Waals surface area contributed by atoms with Crippen LogP contribution in [0.4, 0.5) is 29.7 Å². The fourth-order valence-electron chi connectivity index (χ4n) is 5.49. The predicted molar refractivity (Wildman–Crippen MR) is 178 cm³/mol. The number of benzene rings is 4. The zero-order valence-electron chi connectivity index (χ0n) is 25.2. The van der Waals surface area contributed by atoms with Gasteiger partial charge < -0.3 is 9.84 Å². The summed E-state index contributed by atoms with van der Waals surface area (Å²) in [6, 6.07) is 29.1. The van der Waals surface area contributed by atoms with Crippen LogP contribution in [-0.4, -0.2) is 29.0 Å². The van der Waals surface area contributed by atoms with Gasteiger partial charge in [-0.3, -0.25) is 15.0 Å². The van der Waals surface area contributed by atoms with E-state index in [1.165, 1.54) is 4.90 Å². The van der Waals surface area contributed by atoms with E-state index in [-0.39, 0.29) is 37.1 Å². The maximum absolute atomic E-state index is 13.3. The molecule has 11 heteroatoms. The smallest absolute Gasteiger partial charge is 0.414 e. The van der Waals surface area contributed by atoms with Crippen LogP contribution in [0.15, 0.2) is 97.1 Å². The molecule has 7 nitrogen and oxygen atoms in total. The molecular weight excluding hydrogens is 649 g/mol. The monoisotopic (exact) mass is 680 g/mol. The molecule has 0 bridgehead atoms. The molecule has 0 spiro atoms. The minimum Gasteiger partial charge on any atom is -0.465 e. The van der Waals surface area contributed by atoms with Crippen LogP contribution in [-0.2, 0) is 22.7 Å². The average Bonchev–Trinajstić information content (AvgIpc) is 3.01. The lowest BCUT2D eigenvalue weighted by Gasteiger charge is -2.36. The van der Waals surface area contributed by atoms with Crippen molar-refractivity contribution in [2.75, 3.05) is 10.2 Å². The molecule has 0 aliphatic heterocycles. The van der Waals surface area contributed by atoms with Crippen molar-refractivity contribution >= 4 is 52.5 Å². The molecule has 4 aromatic carbocycles. The number of rotatable bonds is 8. The first-order valence-corrected chi connectivity index (χ1v) is 15.7. The standard InChI is InChI=1S/C25H22ClF2NO2.C11H10ClNO3/c26-23-13-21(11-12-22(23)20-14-25(27,28)15-20)29(16-18-7-3-1-4-8-18)24(30)31-17-19-9-5-2-6-10-19;12-10-5-7(13-11(15)16)1-2-9(10)6-3-8(14)4-6/h1-13,20H,14-17H2;1-2,5-6,13H,3-4H2,(H,15,16). The van der Waals surface area contributed by atoms with Gasteiger partial charge in [0.25, 0.3) is 0 Å². The Labute approximate surface area is 281 Å². The number of ether oxygens (including phenoxy) is 1. The van der Waals surface area contributed by atoms with Crippen LogP contribution in [0.25, 0.3) is 0 Å². The Hall–Kier alpha value is -4.47. The van der Waals surface area contributed by atoms with Crippen molar-refractivity contribution in [2.45, 2.75) is 56.6 Å². The van der Waals surface area contributed by atoms with Crippen molar-refractivity contribution in [1.29, 1.82) is 0 Å². The van der Waals surface area contributed by atoms with Crippen molar-refractivity contribution in [1.82, 2.24) is 0 Å². The van der Waals surface area contributed by atoms with Gasteiger partial charge in [-0.15, -0.1) is 0 Å². The summed E-state index contributed by atoms with van der Waals surface area (Å²) in [6.45, 7) is 0.444. The minimum atomic E-state index is -2.62. The largest absolute Gasteiger partial charge is 0.465 e. The number of Topliss-reactive ketones (excluding diaryl/α,β-unsaturated/α-hetero) is 1. The molecule has 47 heavy (non-hydrogen) atoms. The molecule has 2 fully saturated rings. The first-order chi connectivity index (χ1) is 22.5. The molecule has 6 rings (SSSR count). The summed E-state index contributed by atoms with van der Waals surface area (Å²) in [5.74, 6) is -2.44. The molecule has 0 radical (unpaired) electrons. The van der Waals surface area contributed by atoms with Crippen LogP contribution < -0.4 is 10.2 Å². The van der Waals surface area contributed by atoms with E-state index >= 15 is 0 Å². The highest BCUT2D eigenvalue weighted by Gasteiger charge is 2.46. The third-order valence-electron chi connectivity index (χ3n) is 8.07. The third kappa shape index (κ3) is 9.08. The van der Waals surface area contributed by atoms with Gasteiger partial charge in [-0.2, -0.15) is 0 Å². The summed E-state index contributed by atoms with van der Waals surface area (Å²) in [5, 5.41) is 11.6. The molecular formula is C36H32Cl2F2N2O5. The SMILES string of the molecule is O=C(OCc1ccccc1)N(Cc1ccccc1)c1ccc(C2CC(F)(F)C2)c(Cl)c1.O=C1CC(c2ccc(NC(=O)O)cc2Cl)C1. The average molecular weight is 682 g/mol. The number of carbonyl (C=O) groups is 3. The second kappa shape index (κ2) is 15.0. The first-order valence-electron chi connectivity index (χ1n) is 15.0. The van der Waals surface area contributed by atoms with E-state index in [9.17, 15) is 23.2 Å². The Kier molecular flexibility index (Phi) is 10.8. The van der Waals surface area contributed by atoms with Gasteiger partial charge in [-0.25, -0.2) is 18.4 Å². The van der Waals surface area contributed by atoms with E-state index in [2.05, 4.69) is 5.32 Å². The molecule has 2 amide bonds. The topological polar surface area (TPSA) is 95.9 Å². The molecule has 0 heterocycles. The molecule has 0 unspecified atom stereocenters. The lowest BCUT2D eigenvalue weighted by molar-refractivity contribution is -0.124. The Bertz CT molecular complexity index is 1720. The Balaban J connectivity index is 0.000000227. The van der Waals surface area contributed by atoms with Gasteiger partial charge in [-0.05, 0) is 58.4 Å². The van der Waals surface area contributed by atoms with Gasteiger partial charge >= 0.3 is 12.2 Å². The Morgan fingerprint density at radius 2 is 1.40 bits per heavy atom. The van der Waals surface area contributed by atoms with E-state index < -0.39 is 18.1 Å². The number of carboxylic acid groups (broad SMARTS) is 1. The van der Waals surface area contributed by atoms with Crippen molar-refractivity contribution in [2.24, 2.45) is 0 Å². The van der Waals surface area contributed by atoms with Crippen LogP contribution in [0.2, 0.25) is 10.0 Å². The molecule has 2 aliphatic carbocycles. The van der Waals surface area contributed by atoms with Crippen LogP contribution in [0, 0.1) is 0 Å².